The van der Waals surface area contributed by atoms with Gasteiger partial charge < -0.3 is 9.47 Å². The molecule has 0 bridgehead atoms. The Bertz CT molecular complexity index is 887. The van der Waals surface area contributed by atoms with E-state index in [4.69, 9.17) is 0 Å². The van der Waals surface area contributed by atoms with Crippen LogP contribution in [0.4, 0.5) is 0 Å². The van der Waals surface area contributed by atoms with Crippen molar-refractivity contribution >= 4 is 5.91 Å². The second-order valence-corrected chi connectivity index (χ2v) is 7.06. The zero-order valence-corrected chi connectivity index (χ0v) is 15.5. The quantitative estimate of drug-likeness (QED) is 0.674. The number of carbonyl (C=O) groups excluding carboxylic acids is 1. The van der Waals surface area contributed by atoms with Gasteiger partial charge in [0.05, 0.1) is 12.6 Å². The molecule has 3 heterocycles. The van der Waals surface area contributed by atoms with E-state index in [2.05, 4.69) is 38.9 Å². The summed E-state index contributed by atoms with van der Waals surface area (Å²) in [4.78, 5) is 14.5. The van der Waals surface area contributed by atoms with Gasteiger partial charge in [0, 0.05) is 38.3 Å². The number of nitrogens with zero attached hydrogens (tertiary/aromatic N) is 6. The monoisotopic (exact) mass is 364 g/mol. The molecule has 140 valence electrons. The number of hydrogen-bond acceptors (Lipinski definition) is 4. The molecule has 1 aliphatic rings. The maximum absolute atomic E-state index is 12.6. The molecule has 0 spiro atoms. The number of aryl methyl sites for hydroxylation is 1. The highest BCUT2D eigenvalue weighted by molar-refractivity contribution is 5.76. The number of aromatic nitrogens is 5. The van der Waals surface area contributed by atoms with Gasteiger partial charge in [-0.05, 0) is 25.0 Å². The fraction of sp³-hybridized carbons (Fsp3) is 0.400. The van der Waals surface area contributed by atoms with Crippen molar-refractivity contribution in [1.82, 2.24) is 29.4 Å². The topological polar surface area (TPSA) is 68.8 Å². The normalized spacial score (nSPS) is 16.3. The van der Waals surface area contributed by atoms with Gasteiger partial charge in [0.1, 0.15) is 5.82 Å². The van der Waals surface area contributed by atoms with Crippen LogP contribution < -0.4 is 0 Å². The molecule has 0 saturated heterocycles. The number of benzene rings is 1. The van der Waals surface area contributed by atoms with E-state index in [9.17, 15) is 4.79 Å². The lowest BCUT2D eigenvalue weighted by molar-refractivity contribution is -0.133. The number of fused-ring (bicyclic) bond motifs is 1. The second kappa shape index (κ2) is 7.73. The minimum Gasteiger partial charge on any atom is -0.333 e. The molecule has 1 aromatic carbocycles. The van der Waals surface area contributed by atoms with Gasteiger partial charge in [-0.2, -0.15) is 5.10 Å². The fourth-order valence-electron chi connectivity index (χ4n) is 3.69. The van der Waals surface area contributed by atoms with Crippen LogP contribution in [0, 0.1) is 0 Å². The van der Waals surface area contributed by atoms with E-state index in [1.165, 1.54) is 5.56 Å². The molecule has 0 N–H and O–H groups in total. The molecule has 0 saturated carbocycles. The summed E-state index contributed by atoms with van der Waals surface area (Å²) in [5.74, 6) is 2.02. The third-order valence-electron chi connectivity index (χ3n) is 4.99. The second-order valence-electron chi connectivity index (χ2n) is 7.06. The average Bonchev–Trinajstić information content (AvgIpc) is 3.33. The minimum absolute atomic E-state index is 0.174. The van der Waals surface area contributed by atoms with Crippen LogP contribution in [0.15, 0.2) is 48.8 Å². The average molecular weight is 364 g/mol. The van der Waals surface area contributed by atoms with Crippen LogP contribution in [-0.4, -0.2) is 41.9 Å². The van der Waals surface area contributed by atoms with Gasteiger partial charge in [0.15, 0.2) is 5.82 Å². The molecule has 0 radical (unpaired) electrons. The van der Waals surface area contributed by atoms with E-state index >= 15 is 0 Å². The summed E-state index contributed by atoms with van der Waals surface area (Å²) >= 11 is 0. The Kier molecular flexibility index (Phi) is 5.00. The molecule has 1 aliphatic heterocycles. The highest BCUT2D eigenvalue weighted by atomic mass is 16.2. The molecular formula is C20H24N6O. The van der Waals surface area contributed by atoms with E-state index < -0.39 is 0 Å². The molecule has 4 rings (SSSR count). The lowest BCUT2D eigenvalue weighted by atomic mass is 10.1. The SMILES string of the molecule is C[C@H]1CN(C(=O)CCCn2cccn2)Cc2nnc(Cc3ccccc3)n21. The molecular weight excluding hydrogens is 340 g/mol. The number of amides is 1. The van der Waals surface area contributed by atoms with Gasteiger partial charge in [-0.15, -0.1) is 10.2 Å². The lowest BCUT2D eigenvalue weighted by Gasteiger charge is -2.32. The smallest absolute Gasteiger partial charge is 0.223 e. The maximum atomic E-state index is 12.6. The summed E-state index contributed by atoms with van der Waals surface area (Å²) in [5, 5.41) is 12.9. The van der Waals surface area contributed by atoms with Crippen LogP contribution in [0.2, 0.25) is 0 Å². The van der Waals surface area contributed by atoms with Crippen molar-refractivity contribution in [3.05, 3.63) is 66.0 Å². The first-order chi connectivity index (χ1) is 13.2. The Morgan fingerprint density at radius 2 is 2.04 bits per heavy atom. The summed E-state index contributed by atoms with van der Waals surface area (Å²) in [7, 11) is 0. The van der Waals surface area contributed by atoms with E-state index in [1.54, 1.807) is 6.20 Å². The van der Waals surface area contributed by atoms with Gasteiger partial charge in [-0.3, -0.25) is 9.48 Å². The predicted molar refractivity (Wildman–Crippen MR) is 101 cm³/mol. The molecule has 3 aromatic rings. The van der Waals surface area contributed by atoms with Crippen LogP contribution in [0.25, 0.3) is 0 Å². The zero-order valence-electron chi connectivity index (χ0n) is 15.5. The summed E-state index contributed by atoms with van der Waals surface area (Å²) in [6.45, 7) is 4.13. The van der Waals surface area contributed by atoms with Crippen molar-refractivity contribution < 1.29 is 4.79 Å². The Morgan fingerprint density at radius 3 is 2.81 bits per heavy atom. The van der Waals surface area contributed by atoms with Crippen molar-refractivity contribution in [2.75, 3.05) is 6.54 Å². The van der Waals surface area contributed by atoms with E-state index in [-0.39, 0.29) is 11.9 Å². The first kappa shape index (κ1) is 17.5. The van der Waals surface area contributed by atoms with Gasteiger partial charge in [-0.25, -0.2) is 0 Å². The summed E-state index contributed by atoms with van der Waals surface area (Å²) < 4.78 is 4.05. The largest absolute Gasteiger partial charge is 0.333 e. The Labute approximate surface area is 158 Å². The van der Waals surface area contributed by atoms with Crippen LogP contribution in [-0.2, 0) is 24.3 Å². The molecule has 2 aromatic heterocycles. The van der Waals surface area contributed by atoms with Gasteiger partial charge in [-0.1, -0.05) is 30.3 Å². The molecule has 1 atom stereocenters. The van der Waals surface area contributed by atoms with E-state index in [1.807, 2.05) is 40.0 Å². The summed E-state index contributed by atoms with van der Waals surface area (Å²) in [5.41, 5.74) is 1.22. The maximum Gasteiger partial charge on any atom is 0.223 e. The zero-order chi connectivity index (χ0) is 18.6. The van der Waals surface area contributed by atoms with Crippen molar-refractivity contribution in [3.63, 3.8) is 0 Å². The molecule has 0 fully saturated rings. The first-order valence-corrected chi connectivity index (χ1v) is 9.42. The standard InChI is InChI=1S/C20H24N6O/c1-16-14-24(20(27)9-5-11-25-12-6-10-21-25)15-19-23-22-18(26(16)19)13-17-7-3-2-4-8-17/h2-4,6-8,10,12,16H,5,9,11,13-15H2,1H3/t16-/m0/s1. The fourth-order valence-corrected chi connectivity index (χ4v) is 3.69. The highest BCUT2D eigenvalue weighted by Gasteiger charge is 2.28. The number of rotatable bonds is 6. The van der Waals surface area contributed by atoms with Gasteiger partial charge in [0.25, 0.3) is 0 Å². The Balaban J connectivity index is 1.39. The third kappa shape index (κ3) is 3.92. The van der Waals surface area contributed by atoms with E-state index in [0.29, 0.717) is 19.5 Å². The summed E-state index contributed by atoms with van der Waals surface area (Å²) in [6.07, 6.45) is 5.75. The van der Waals surface area contributed by atoms with Crippen LogP contribution in [0.3, 0.4) is 0 Å². The lowest BCUT2D eigenvalue weighted by Crippen LogP contribution is -2.40. The van der Waals surface area contributed by atoms with Gasteiger partial charge >= 0.3 is 0 Å². The van der Waals surface area contributed by atoms with Crippen molar-refractivity contribution in [1.29, 1.82) is 0 Å². The number of carbonyl (C=O) groups is 1. The third-order valence-corrected chi connectivity index (χ3v) is 4.99. The first-order valence-electron chi connectivity index (χ1n) is 9.42. The van der Waals surface area contributed by atoms with Gasteiger partial charge in [0.2, 0.25) is 5.91 Å². The molecule has 27 heavy (non-hydrogen) atoms. The van der Waals surface area contributed by atoms with Crippen LogP contribution in [0.1, 0.15) is 43.0 Å². The Hall–Kier alpha value is -2.96. The van der Waals surface area contributed by atoms with E-state index in [0.717, 1.165) is 31.0 Å². The predicted octanol–water partition coefficient (Wildman–Crippen LogP) is 2.45. The molecule has 0 aliphatic carbocycles. The molecule has 7 heteroatoms. The Morgan fingerprint density at radius 1 is 1.19 bits per heavy atom. The van der Waals surface area contributed by atoms with Crippen molar-refractivity contribution in [3.8, 4) is 0 Å². The van der Waals surface area contributed by atoms with Crippen LogP contribution in [0.5, 0.6) is 0 Å². The minimum atomic E-state index is 0.174. The summed E-state index contributed by atoms with van der Waals surface area (Å²) in [6, 6.07) is 12.4. The molecule has 1 amide bonds. The van der Waals surface area contributed by atoms with Crippen LogP contribution >= 0.6 is 0 Å². The van der Waals surface area contributed by atoms with Crippen molar-refractivity contribution in [2.45, 2.75) is 45.3 Å². The molecule has 0 unspecified atom stereocenters. The number of hydrogen-bond donors (Lipinski definition) is 0. The van der Waals surface area contributed by atoms with Crippen molar-refractivity contribution in [2.24, 2.45) is 0 Å². The highest BCUT2D eigenvalue weighted by Crippen LogP contribution is 2.23. The molecule has 7 nitrogen and oxygen atoms in total.